The fourth-order valence-corrected chi connectivity index (χ4v) is 1.86. The van der Waals surface area contributed by atoms with Gasteiger partial charge in [-0.15, -0.1) is 13.2 Å². The number of alkyl halides is 3. The highest BCUT2D eigenvalue weighted by Crippen LogP contribution is 2.32. The molecule has 1 aromatic heterocycles. The topological polar surface area (TPSA) is 42.1 Å². The van der Waals surface area contributed by atoms with Crippen LogP contribution in [0.4, 0.5) is 13.2 Å². The van der Waals surface area contributed by atoms with Gasteiger partial charge in [-0.1, -0.05) is 15.9 Å². The zero-order valence-corrected chi connectivity index (χ0v) is 9.72. The largest absolute Gasteiger partial charge is 0.573 e. The van der Waals surface area contributed by atoms with Gasteiger partial charge in [0.15, 0.2) is 5.75 Å². The molecule has 7 heteroatoms. The van der Waals surface area contributed by atoms with Gasteiger partial charge in [0.25, 0.3) is 0 Å². The molecule has 0 bridgehead atoms. The number of hydrogen-bond donors (Lipinski definition) is 1. The number of ether oxygens (including phenoxy) is 1. The van der Waals surface area contributed by atoms with Crippen LogP contribution in [0, 0.1) is 0 Å². The minimum Gasteiger partial charge on any atom is -0.404 e. The number of pyridine rings is 1. The molecule has 1 aromatic carbocycles. The second-order valence-corrected chi connectivity index (χ2v) is 4.06. The van der Waals surface area contributed by atoms with E-state index < -0.39 is 17.7 Å². The number of aromatic nitrogens is 1. The highest BCUT2D eigenvalue weighted by Gasteiger charge is 2.32. The molecule has 0 aliphatic carbocycles. The van der Waals surface area contributed by atoms with E-state index in [9.17, 15) is 18.0 Å². The van der Waals surface area contributed by atoms with E-state index >= 15 is 0 Å². The van der Waals surface area contributed by atoms with Crippen LogP contribution in [-0.4, -0.2) is 11.3 Å². The Morgan fingerprint density at radius 3 is 2.53 bits per heavy atom. The van der Waals surface area contributed by atoms with Gasteiger partial charge in [0.2, 0.25) is 5.56 Å². The first-order chi connectivity index (χ1) is 7.87. The molecule has 0 radical (unpaired) electrons. The molecule has 0 aliphatic heterocycles. The molecule has 0 spiro atoms. The van der Waals surface area contributed by atoms with Crippen molar-refractivity contribution in [2.75, 3.05) is 0 Å². The van der Waals surface area contributed by atoms with Crippen molar-refractivity contribution in [3.63, 3.8) is 0 Å². The first-order valence-corrected chi connectivity index (χ1v) is 5.23. The van der Waals surface area contributed by atoms with Crippen LogP contribution in [0.5, 0.6) is 5.75 Å². The number of benzene rings is 1. The lowest BCUT2D eigenvalue weighted by atomic mass is 10.2. The van der Waals surface area contributed by atoms with E-state index in [0.717, 1.165) is 6.07 Å². The molecule has 1 heterocycles. The summed E-state index contributed by atoms with van der Waals surface area (Å²) in [5, 5.41) is 0.436. The standard InChI is InChI=1S/C10H5BrF3NO2/c11-6-2-3-7(17-10(12,13)14)9-5(6)1-4-8(16)15-9/h1-4H,(H,15,16). The lowest BCUT2D eigenvalue weighted by Crippen LogP contribution is -2.18. The molecule has 2 rings (SSSR count). The summed E-state index contributed by atoms with van der Waals surface area (Å²) in [5.74, 6) is -0.437. The molecule has 0 unspecified atom stereocenters. The zero-order valence-electron chi connectivity index (χ0n) is 8.14. The number of halogens is 4. The maximum Gasteiger partial charge on any atom is 0.573 e. The summed E-state index contributed by atoms with van der Waals surface area (Å²) in [6.45, 7) is 0. The van der Waals surface area contributed by atoms with Crippen LogP contribution < -0.4 is 10.3 Å². The van der Waals surface area contributed by atoms with Crippen molar-refractivity contribution in [1.29, 1.82) is 0 Å². The fraction of sp³-hybridized carbons (Fsp3) is 0.100. The molecular weight excluding hydrogens is 303 g/mol. The molecule has 0 saturated heterocycles. The lowest BCUT2D eigenvalue weighted by Gasteiger charge is -2.11. The first-order valence-electron chi connectivity index (χ1n) is 4.44. The van der Waals surface area contributed by atoms with Gasteiger partial charge >= 0.3 is 6.36 Å². The van der Waals surface area contributed by atoms with Crippen LogP contribution in [0.3, 0.4) is 0 Å². The maximum absolute atomic E-state index is 12.1. The quantitative estimate of drug-likeness (QED) is 0.879. The van der Waals surface area contributed by atoms with Crippen LogP contribution in [0.1, 0.15) is 0 Å². The third-order valence-electron chi connectivity index (χ3n) is 2.03. The van der Waals surface area contributed by atoms with Gasteiger partial charge in [-0.25, -0.2) is 0 Å². The Bertz CT molecular complexity index is 621. The Balaban J connectivity index is 2.68. The van der Waals surface area contributed by atoms with Gasteiger partial charge in [-0.05, 0) is 18.2 Å². The van der Waals surface area contributed by atoms with E-state index in [0.29, 0.717) is 9.86 Å². The monoisotopic (exact) mass is 307 g/mol. The van der Waals surface area contributed by atoms with E-state index in [4.69, 9.17) is 0 Å². The predicted octanol–water partition coefficient (Wildman–Crippen LogP) is 3.19. The Morgan fingerprint density at radius 2 is 1.88 bits per heavy atom. The van der Waals surface area contributed by atoms with Gasteiger partial charge in [0.1, 0.15) is 0 Å². The van der Waals surface area contributed by atoms with Crippen molar-refractivity contribution in [2.45, 2.75) is 6.36 Å². The molecule has 90 valence electrons. The molecule has 2 aromatic rings. The summed E-state index contributed by atoms with van der Waals surface area (Å²) < 4.78 is 40.8. The number of aromatic amines is 1. The van der Waals surface area contributed by atoms with Crippen LogP contribution >= 0.6 is 15.9 Å². The Kier molecular flexibility index (Phi) is 2.86. The van der Waals surface area contributed by atoms with E-state index in [1.54, 1.807) is 0 Å². The van der Waals surface area contributed by atoms with E-state index in [1.807, 2.05) is 0 Å². The number of hydrogen-bond acceptors (Lipinski definition) is 2. The molecule has 0 fully saturated rings. The minimum absolute atomic E-state index is 0.00389. The summed E-state index contributed by atoms with van der Waals surface area (Å²) >= 11 is 3.18. The maximum atomic E-state index is 12.1. The van der Waals surface area contributed by atoms with Crippen molar-refractivity contribution in [2.24, 2.45) is 0 Å². The van der Waals surface area contributed by atoms with Crippen LogP contribution in [0.15, 0.2) is 33.5 Å². The molecule has 0 saturated carbocycles. The normalized spacial score (nSPS) is 11.8. The van der Waals surface area contributed by atoms with Crippen molar-refractivity contribution in [3.8, 4) is 5.75 Å². The number of H-pyrrole nitrogens is 1. The second-order valence-electron chi connectivity index (χ2n) is 3.20. The summed E-state index contributed by atoms with van der Waals surface area (Å²) in [6, 6.07) is 5.20. The van der Waals surface area contributed by atoms with E-state index in [1.165, 1.54) is 18.2 Å². The first kappa shape index (κ1) is 12.0. The highest BCUT2D eigenvalue weighted by molar-refractivity contribution is 9.10. The van der Waals surface area contributed by atoms with Gasteiger partial charge in [-0.2, -0.15) is 0 Å². The summed E-state index contributed by atoms with van der Waals surface area (Å²) in [7, 11) is 0. The zero-order chi connectivity index (χ0) is 12.6. The van der Waals surface area contributed by atoms with Crippen LogP contribution in [-0.2, 0) is 0 Å². The summed E-state index contributed by atoms with van der Waals surface area (Å²) in [5.41, 5.74) is -0.494. The second kappa shape index (κ2) is 4.06. The van der Waals surface area contributed by atoms with E-state index in [2.05, 4.69) is 25.7 Å². The minimum atomic E-state index is -4.80. The third kappa shape index (κ3) is 2.60. The Hall–Kier alpha value is -1.50. The SMILES string of the molecule is O=c1ccc2c(Br)ccc(OC(F)(F)F)c2[nH]1. The summed E-state index contributed by atoms with van der Waals surface area (Å²) in [4.78, 5) is 13.4. The van der Waals surface area contributed by atoms with Gasteiger partial charge in [0, 0.05) is 15.9 Å². The Morgan fingerprint density at radius 1 is 1.18 bits per heavy atom. The van der Waals surface area contributed by atoms with Gasteiger partial charge < -0.3 is 9.72 Å². The van der Waals surface area contributed by atoms with Crippen LogP contribution in [0.2, 0.25) is 0 Å². The average Bonchev–Trinajstić information content (AvgIpc) is 2.20. The average molecular weight is 308 g/mol. The molecule has 3 nitrogen and oxygen atoms in total. The van der Waals surface area contributed by atoms with E-state index in [-0.39, 0.29) is 5.52 Å². The third-order valence-corrected chi connectivity index (χ3v) is 2.72. The smallest absolute Gasteiger partial charge is 0.404 e. The molecule has 1 N–H and O–H groups in total. The molecule has 0 amide bonds. The van der Waals surface area contributed by atoms with Gasteiger partial charge in [0.05, 0.1) is 5.52 Å². The molecular formula is C10H5BrF3NO2. The summed E-state index contributed by atoms with van der Waals surface area (Å²) in [6.07, 6.45) is -4.80. The Labute approximate surface area is 101 Å². The fourth-order valence-electron chi connectivity index (χ4n) is 1.40. The van der Waals surface area contributed by atoms with Crippen LogP contribution in [0.25, 0.3) is 10.9 Å². The number of rotatable bonds is 1. The number of nitrogens with one attached hydrogen (secondary N) is 1. The van der Waals surface area contributed by atoms with Crippen molar-refractivity contribution >= 4 is 26.8 Å². The predicted molar refractivity (Wildman–Crippen MR) is 59.0 cm³/mol. The van der Waals surface area contributed by atoms with Crippen molar-refractivity contribution in [1.82, 2.24) is 4.98 Å². The molecule has 17 heavy (non-hydrogen) atoms. The molecule has 0 aliphatic rings. The van der Waals surface area contributed by atoms with Gasteiger partial charge in [-0.3, -0.25) is 4.79 Å². The highest BCUT2D eigenvalue weighted by atomic mass is 79.9. The van der Waals surface area contributed by atoms with Crippen molar-refractivity contribution in [3.05, 3.63) is 39.1 Å². The molecule has 0 atom stereocenters. The lowest BCUT2D eigenvalue weighted by molar-refractivity contribution is -0.274. The van der Waals surface area contributed by atoms with Crippen molar-refractivity contribution < 1.29 is 17.9 Å². The number of fused-ring (bicyclic) bond motifs is 1.